The quantitative estimate of drug-likeness (QED) is 0.835. The number of hydrogen-bond donors (Lipinski definition) is 0. The van der Waals surface area contributed by atoms with Crippen molar-refractivity contribution in [1.29, 1.82) is 0 Å². The standard InChI is InChI=1S/C16H24N6O2/c1-12-13(16(20(2)18-12)21-6-8-23-9-7-21)10-22-5-3-4-14(22)15-17-11-24-19-15/h11,14H,3-10H2,1-2H3. The van der Waals surface area contributed by atoms with Crippen LogP contribution in [0.1, 0.15) is 36.0 Å². The molecule has 2 aromatic rings. The number of likely N-dealkylation sites (tertiary alicyclic amines) is 1. The van der Waals surface area contributed by atoms with Gasteiger partial charge in [-0.2, -0.15) is 10.1 Å². The first-order valence-electron chi connectivity index (χ1n) is 8.59. The van der Waals surface area contributed by atoms with Gasteiger partial charge in [0, 0.05) is 32.2 Å². The van der Waals surface area contributed by atoms with Crippen LogP contribution in [0.15, 0.2) is 10.9 Å². The van der Waals surface area contributed by atoms with Gasteiger partial charge < -0.3 is 14.2 Å². The molecule has 2 saturated heterocycles. The normalized spacial score (nSPS) is 22.4. The molecule has 8 nitrogen and oxygen atoms in total. The lowest BCUT2D eigenvalue weighted by Crippen LogP contribution is -2.38. The third-order valence-corrected chi connectivity index (χ3v) is 5.03. The molecule has 2 aliphatic rings. The molecular weight excluding hydrogens is 308 g/mol. The smallest absolute Gasteiger partial charge is 0.213 e. The fraction of sp³-hybridized carbons (Fsp3) is 0.688. The maximum atomic E-state index is 5.50. The van der Waals surface area contributed by atoms with E-state index in [9.17, 15) is 0 Å². The Morgan fingerprint density at radius 3 is 2.83 bits per heavy atom. The lowest BCUT2D eigenvalue weighted by Gasteiger charge is -2.31. The summed E-state index contributed by atoms with van der Waals surface area (Å²) in [6.07, 6.45) is 3.65. The summed E-state index contributed by atoms with van der Waals surface area (Å²) in [7, 11) is 2.03. The minimum absolute atomic E-state index is 0.237. The van der Waals surface area contributed by atoms with Crippen molar-refractivity contribution < 1.29 is 9.26 Å². The maximum Gasteiger partial charge on any atom is 0.213 e. The van der Waals surface area contributed by atoms with E-state index in [2.05, 4.69) is 32.0 Å². The molecule has 130 valence electrons. The Hall–Kier alpha value is -1.93. The predicted molar refractivity (Wildman–Crippen MR) is 87.7 cm³/mol. The highest BCUT2D eigenvalue weighted by atomic mass is 16.5. The highest BCUT2D eigenvalue weighted by Crippen LogP contribution is 2.34. The van der Waals surface area contributed by atoms with Gasteiger partial charge >= 0.3 is 0 Å². The molecular formula is C16H24N6O2. The molecule has 0 radical (unpaired) electrons. The van der Waals surface area contributed by atoms with Crippen molar-refractivity contribution in [3.63, 3.8) is 0 Å². The summed E-state index contributed by atoms with van der Waals surface area (Å²) in [5.41, 5.74) is 2.40. The summed E-state index contributed by atoms with van der Waals surface area (Å²) < 4.78 is 12.5. The summed E-state index contributed by atoms with van der Waals surface area (Å²) >= 11 is 0. The van der Waals surface area contributed by atoms with Crippen molar-refractivity contribution in [3.8, 4) is 0 Å². The summed E-state index contributed by atoms with van der Waals surface area (Å²) in [5.74, 6) is 2.01. The highest BCUT2D eigenvalue weighted by molar-refractivity contribution is 5.50. The molecule has 4 heterocycles. The average molecular weight is 332 g/mol. The third kappa shape index (κ3) is 2.80. The molecule has 1 atom stereocenters. The average Bonchev–Trinajstić information content (AvgIpc) is 3.30. The van der Waals surface area contributed by atoms with E-state index in [0.717, 1.165) is 63.8 Å². The van der Waals surface area contributed by atoms with Gasteiger partial charge in [-0.15, -0.1) is 0 Å². The van der Waals surface area contributed by atoms with Crippen LogP contribution in [0.4, 0.5) is 5.82 Å². The molecule has 0 spiro atoms. The van der Waals surface area contributed by atoms with Crippen LogP contribution >= 0.6 is 0 Å². The molecule has 4 rings (SSSR count). The van der Waals surface area contributed by atoms with Crippen molar-refractivity contribution in [1.82, 2.24) is 24.8 Å². The zero-order valence-electron chi connectivity index (χ0n) is 14.3. The molecule has 24 heavy (non-hydrogen) atoms. The van der Waals surface area contributed by atoms with Gasteiger partial charge in [-0.1, -0.05) is 5.16 Å². The number of ether oxygens (including phenoxy) is 1. The number of morpholine rings is 1. The fourth-order valence-corrected chi connectivity index (χ4v) is 3.88. The second-order valence-electron chi connectivity index (χ2n) is 6.53. The molecule has 0 aliphatic carbocycles. The summed E-state index contributed by atoms with van der Waals surface area (Å²) in [6.45, 7) is 7.40. The van der Waals surface area contributed by atoms with Crippen LogP contribution in [0, 0.1) is 6.92 Å². The third-order valence-electron chi connectivity index (χ3n) is 5.03. The maximum absolute atomic E-state index is 5.50. The van der Waals surface area contributed by atoms with E-state index in [4.69, 9.17) is 9.26 Å². The summed E-state index contributed by atoms with van der Waals surface area (Å²) in [6, 6.07) is 0.237. The van der Waals surface area contributed by atoms with Crippen LogP contribution < -0.4 is 4.90 Å². The fourth-order valence-electron chi connectivity index (χ4n) is 3.88. The lowest BCUT2D eigenvalue weighted by atomic mass is 10.1. The molecule has 2 fully saturated rings. The van der Waals surface area contributed by atoms with Crippen LogP contribution in [0.25, 0.3) is 0 Å². The molecule has 0 amide bonds. The van der Waals surface area contributed by atoms with Crippen molar-refractivity contribution >= 4 is 5.82 Å². The Bertz CT molecular complexity index is 677. The topological polar surface area (TPSA) is 72.5 Å². The SMILES string of the molecule is Cc1nn(C)c(N2CCOCC2)c1CN1CCCC1c1ncon1. The van der Waals surface area contributed by atoms with E-state index in [1.54, 1.807) is 0 Å². The Morgan fingerprint density at radius 1 is 1.25 bits per heavy atom. The predicted octanol–water partition coefficient (Wildman–Crippen LogP) is 1.29. The first-order valence-corrected chi connectivity index (χ1v) is 8.59. The number of aryl methyl sites for hydroxylation is 2. The summed E-state index contributed by atoms with van der Waals surface area (Å²) in [5, 5.41) is 8.73. The minimum Gasteiger partial charge on any atom is -0.378 e. The zero-order chi connectivity index (χ0) is 16.5. The molecule has 0 bridgehead atoms. The molecule has 2 aromatic heterocycles. The Kier molecular flexibility index (Phi) is 4.24. The second-order valence-corrected chi connectivity index (χ2v) is 6.53. The summed E-state index contributed by atoms with van der Waals surface area (Å²) in [4.78, 5) is 9.09. The van der Waals surface area contributed by atoms with Crippen molar-refractivity contribution in [2.45, 2.75) is 32.4 Å². The van der Waals surface area contributed by atoms with Crippen LogP contribution in [-0.2, 0) is 18.3 Å². The number of aromatic nitrogens is 4. The number of anilines is 1. The minimum atomic E-state index is 0.237. The van der Waals surface area contributed by atoms with Gasteiger partial charge in [0.25, 0.3) is 0 Å². The second kappa shape index (κ2) is 6.52. The van der Waals surface area contributed by atoms with E-state index >= 15 is 0 Å². The van der Waals surface area contributed by atoms with E-state index in [0.29, 0.717) is 0 Å². The molecule has 0 saturated carbocycles. The molecule has 0 aromatic carbocycles. The molecule has 2 aliphatic heterocycles. The van der Waals surface area contributed by atoms with Crippen LogP contribution in [-0.4, -0.2) is 57.7 Å². The highest BCUT2D eigenvalue weighted by Gasteiger charge is 2.31. The molecule has 0 N–H and O–H groups in total. The monoisotopic (exact) mass is 332 g/mol. The van der Waals surface area contributed by atoms with E-state index in [1.165, 1.54) is 17.8 Å². The Morgan fingerprint density at radius 2 is 2.08 bits per heavy atom. The number of nitrogens with zero attached hydrogens (tertiary/aromatic N) is 6. The van der Waals surface area contributed by atoms with E-state index < -0.39 is 0 Å². The Labute approximate surface area is 141 Å². The van der Waals surface area contributed by atoms with Crippen LogP contribution in [0.5, 0.6) is 0 Å². The van der Waals surface area contributed by atoms with Crippen molar-refractivity contribution in [2.24, 2.45) is 7.05 Å². The number of hydrogen-bond acceptors (Lipinski definition) is 7. The molecule has 1 unspecified atom stereocenters. The zero-order valence-corrected chi connectivity index (χ0v) is 14.3. The first-order chi connectivity index (χ1) is 11.7. The van der Waals surface area contributed by atoms with E-state index in [1.807, 2.05) is 11.7 Å². The van der Waals surface area contributed by atoms with Gasteiger partial charge in [0.1, 0.15) is 5.82 Å². The van der Waals surface area contributed by atoms with Gasteiger partial charge in [0.15, 0.2) is 5.82 Å². The first kappa shape index (κ1) is 15.6. The van der Waals surface area contributed by atoms with Gasteiger partial charge in [-0.3, -0.25) is 9.58 Å². The molecule has 8 heteroatoms. The van der Waals surface area contributed by atoms with Gasteiger partial charge in [-0.25, -0.2) is 0 Å². The van der Waals surface area contributed by atoms with Crippen LogP contribution in [0.3, 0.4) is 0 Å². The van der Waals surface area contributed by atoms with Gasteiger partial charge in [-0.05, 0) is 26.3 Å². The lowest BCUT2D eigenvalue weighted by molar-refractivity contribution is 0.122. The largest absolute Gasteiger partial charge is 0.378 e. The van der Waals surface area contributed by atoms with E-state index in [-0.39, 0.29) is 6.04 Å². The van der Waals surface area contributed by atoms with Gasteiger partial charge in [0.05, 0.1) is 24.9 Å². The Balaban J connectivity index is 1.60. The van der Waals surface area contributed by atoms with Crippen LogP contribution in [0.2, 0.25) is 0 Å². The van der Waals surface area contributed by atoms with Crippen molar-refractivity contribution in [2.75, 3.05) is 37.7 Å². The van der Waals surface area contributed by atoms with Crippen molar-refractivity contribution in [3.05, 3.63) is 23.5 Å². The number of rotatable bonds is 4. The van der Waals surface area contributed by atoms with Gasteiger partial charge in [0.2, 0.25) is 6.39 Å².